The number of hydrogen-bond donors (Lipinski definition) is 3. The van der Waals surface area contributed by atoms with Crippen LogP contribution in [0.2, 0.25) is 0 Å². The molecular weight excluding hydrogens is 410 g/mol. The van der Waals surface area contributed by atoms with Gasteiger partial charge in [0.2, 0.25) is 11.8 Å². The zero-order valence-corrected chi connectivity index (χ0v) is 20.8. The lowest BCUT2D eigenvalue weighted by Crippen LogP contribution is -2.55. The third kappa shape index (κ3) is 7.82. The summed E-state index contributed by atoms with van der Waals surface area (Å²) in [7, 11) is 0. The first-order valence-electron chi connectivity index (χ1n) is 10.9. The highest BCUT2D eigenvalue weighted by Crippen LogP contribution is 2.27. The van der Waals surface area contributed by atoms with E-state index in [1.54, 1.807) is 27.7 Å². The number of ether oxygens (including phenoxy) is 1. The molecule has 8 nitrogen and oxygen atoms in total. The number of carbonyl (C=O) groups excluding carboxylic acids is 3. The van der Waals surface area contributed by atoms with E-state index in [9.17, 15) is 19.5 Å². The van der Waals surface area contributed by atoms with Crippen molar-refractivity contribution in [2.75, 3.05) is 13.2 Å². The molecule has 0 spiro atoms. The smallest absolute Gasteiger partial charge is 0.408 e. The summed E-state index contributed by atoms with van der Waals surface area (Å²) < 4.78 is 5.22. The topological polar surface area (TPSA) is 108 Å². The van der Waals surface area contributed by atoms with Crippen molar-refractivity contribution < 1.29 is 24.2 Å². The van der Waals surface area contributed by atoms with Crippen molar-refractivity contribution in [1.29, 1.82) is 0 Å². The molecule has 0 aliphatic heterocycles. The Hall–Kier alpha value is -2.61. The second-order valence-corrected chi connectivity index (χ2v) is 9.94. The van der Waals surface area contributed by atoms with Gasteiger partial charge in [0.15, 0.2) is 0 Å². The molecule has 0 radical (unpaired) electrons. The summed E-state index contributed by atoms with van der Waals surface area (Å²) in [4.78, 5) is 40.4. The molecule has 1 aromatic carbocycles. The standard InChI is InChI=1S/C24H39N3O5/c1-10-27(21(30)18(14-28)25-22(31)32-24(7,8)9)19(20(29)26-23(4,5)6)17-13-11-12-15(2)16(17)3/h11-13,18-19,28H,10,14H2,1-9H3,(H,25,31)(H,26,29). The fourth-order valence-corrected chi connectivity index (χ4v) is 3.26. The Kier molecular flexibility index (Phi) is 9.26. The van der Waals surface area contributed by atoms with Crippen molar-refractivity contribution in [2.45, 2.75) is 85.5 Å². The van der Waals surface area contributed by atoms with Crippen molar-refractivity contribution in [3.8, 4) is 0 Å². The molecule has 2 unspecified atom stereocenters. The maximum Gasteiger partial charge on any atom is 0.408 e. The normalized spacial score (nSPS) is 13.7. The second kappa shape index (κ2) is 10.8. The minimum atomic E-state index is -1.25. The maximum absolute atomic E-state index is 13.4. The molecule has 0 bridgehead atoms. The molecule has 0 aliphatic carbocycles. The van der Waals surface area contributed by atoms with E-state index in [4.69, 9.17) is 4.74 Å². The molecule has 8 heteroatoms. The van der Waals surface area contributed by atoms with E-state index in [1.807, 2.05) is 52.8 Å². The van der Waals surface area contributed by atoms with Gasteiger partial charge >= 0.3 is 6.09 Å². The Labute approximate surface area is 191 Å². The molecule has 0 saturated carbocycles. The number of nitrogens with one attached hydrogen (secondary N) is 2. The first-order valence-corrected chi connectivity index (χ1v) is 10.9. The molecule has 0 aliphatic rings. The van der Waals surface area contributed by atoms with Crippen molar-refractivity contribution in [1.82, 2.24) is 15.5 Å². The Balaban J connectivity index is 3.38. The summed E-state index contributed by atoms with van der Waals surface area (Å²) in [6.45, 7) is 15.9. The average molecular weight is 450 g/mol. The van der Waals surface area contributed by atoms with Crippen molar-refractivity contribution in [2.24, 2.45) is 0 Å². The number of nitrogens with zero attached hydrogens (tertiary/aromatic N) is 1. The van der Waals surface area contributed by atoms with E-state index < -0.39 is 41.8 Å². The van der Waals surface area contributed by atoms with Gasteiger partial charge < -0.3 is 25.4 Å². The summed E-state index contributed by atoms with van der Waals surface area (Å²) in [5.41, 5.74) is 1.31. The molecule has 0 saturated heterocycles. The van der Waals surface area contributed by atoms with Gasteiger partial charge in [-0.15, -0.1) is 0 Å². The van der Waals surface area contributed by atoms with Crippen molar-refractivity contribution in [3.63, 3.8) is 0 Å². The molecule has 0 aromatic heterocycles. The van der Waals surface area contributed by atoms with Crippen LogP contribution in [0.1, 0.15) is 71.2 Å². The van der Waals surface area contributed by atoms with Crippen LogP contribution in [0.5, 0.6) is 0 Å². The van der Waals surface area contributed by atoms with Crippen LogP contribution in [0, 0.1) is 13.8 Å². The summed E-state index contributed by atoms with van der Waals surface area (Å²) in [5, 5.41) is 15.2. The zero-order valence-electron chi connectivity index (χ0n) is 20.8. The van der Waals surface area contributed by atoms with Gasteiger partial charge in [0.25, 0.3) is 0 Å². The van der Waals surface area contributed by atoms with E-state index >= 15 is 0 Å². The minimum absolute atomic E-state index is 0.195. The maximum atomic E-state index is 13.4. The van der Waals surface area contributed by atoms with Gasteiger partial charge in [-0.3, -0.25) is 9.59 Å². The van der Waals surface area contributed by atoms with Gasteiger partial charge in [0.05, 0.1) is 6.61 Å². The number of rotatable bonds is 7. The van der Waals surface area contributed by atoms with Crippen LogP contribution < -0.4 is 10.6 Å². The molecule has 0 heterocycles. The molecule has 1 aromatic rings. The van der Waals surface area contributed by atoms with E-state index in [-0.39, 0.29) is 12.5 Å². The summed E-state index contributed by atoms with van der Waals surface area (Å²) in [6.07, 6.45) is -0.816. The Morgan fingerprint density at radius 2 is 1.69 bits per heavy atom. The van der Waals surface area contributed by atoms with Gasteiger partial charge in [0, 0.05) is 12.1 Å². The number of aryl methyl sites for hydroxylation is 1. The summed E-state index contributed by atoms with van der Waals surface area (Å²) >= 11 is 0. The number of likely N-dealkylation sites (N-methyl/N-ethyl adjacent to an activating group) is 1. The van der Waals surface area contributed by atoms with E-state index in [2.05, 4.69) is 10.6 Å². The van der Waals surface area contributed by atoms with Crippen molar-refractivity contribution in [3.05, 3.63) is 34.9 Å². The van der Waals surface area contributed by atoms with Crippen LogP contribution in [-0.4, -0.2) is 58.2 Å². The van der Waals surface area contributed by atoms with E-state index in [0.717, 1.165) is 11.1 Å². The minimum Gasteiger partial charge on any atom is -0.444 e. The number of aliphatic hydroxyl groups excluding tert-OH is 1. The Morgan fingerprint density at radius 3 is 2.16 bits per heavy atom. The van der Waals surface area contributed by atoms with E-state index in [0.29, 0.717) is 5.56 Å². The monoisotopic (exact) mass is 449 g/mol. The summed E-state index contributed by atoms with van der Waals surface area (Å²) in [5.74, 6) is -0.911. The third-order valence-corrected chi connectivity index (χ3v) is 4.79. The van der Waals surface area contributed by atoms with Gasteiger partial charge in [-0.2, -0.15) is 0 Å². The van der Waals surface area contributed by atoms with Gasteiger partial charge in [-0.25, -0.2) is 4.79 Å². The lowest BCUT2D eigenvalue weighted by molar-refractivity contribution is -0.143. The van der Waals surface area contributed by atoms with Crippen LogP contribution >= 0.6 is 0 Å². The molecular formula is C24H39N3O5. The molecule has 180 valence electrons. The fourth-order valence-electron chi connectivity index (χ4n) is 3.26. The number of carbonyl (C=O) groups is 3. The molecule has 2 atom stereocenters. The number of alkyl carbamates (subject to hydrolysis) is 1. The molecule has 0 fully saturated rings. The van der Waals surface area contributed by atoms with Gasteiger partial charge in [-0.05, 0) is 79.0 Å². The van der Waals surface area contributed by atoms with Crippen LogP contribution in [0.15, 0.2) is 18.2 Å². The lowest BCUT2D eigenvalue weighted by Gasteiger charge is -2.35. The SMILES string of the molecule is CCN(C(=O)C(CO)NC(=O)OC(C)(C)C)C(C(=O)NC(C)(C)C)c1cccc(C)c1C. The molecule has 3 amide bonds. The van der Waals surface area contributed by atoms with Crippen LogP contribution in [0.3, 0.4) is 0 Å². The fraction of sp³-hybridized carbons (Fsp3) is 0.625. The summed E-state index contributed by atoms with van der Waals surface area (Å²) in [6, 6.07) is 3.42. The molecule has 1 rings (SSSR count). The van der Waals surface area contributed by atoms with Crippen LogP contribution in [-0.2, 0) is 14.3 Å². The highest BCUT2D eigenvalue weighted by atomic mass is 16.6. The quantitative estimate of drug-likeness (QED) is 0.593. The van der Waals surface area contributed by atoms with Gasteiger partial charge in [-0.1, -0.05) is 18.2 Å². The zero-order chi connectivity index (χ0) is 24.9. The number of benzene rings is 1. The molecule has 32 heavy (non-hydrogen) atoms. The number of aliphatic hydroxyl groups is 1. The predicted octanol–water partition coefficient (Wildman–Crippen LogP) is 2.99. The lowest BCUT2D eigenvalue weighted by atomic mass is 9.94. The van der Waals surface area contributed by atoms with Crippen LogP contribution in [0.25, 0.3) is 0 Å². The van der Waals surface area contributed by atoms with Gasteiger partial charge in [0.1, 0.15) is 17.7 Å². The predicted molar refractivity (Wildman–Crippen MR) is 124 cm³/mol. The Bertz CT molecular complexity index is 824. The molecule has 3 N–H and O–H groups in total. The van der Waals surface area contributed by atoms with E-state index in [1.165, 1.54) is 4.90 Å². The van der Waals surface area contributed by atoms with Crippen LogP contribution in [0.4, 0.5) is 4.79 Å². The number of amides is 3. The van der Waals surface area contributed by atoms with Crippen molar-refractivity contribution >= 4 is 17.9 Å². The first-order chi connectivity index (χ1) is 14.6. The first kappa shape index (κ1) is 27.4. The third-order valence-electron chi connectivity index (χ3n) is 4.79. The highest BCUT2D eigenvalue weighted by Gasteiger charge is 2.37. The second-order valence-electron chi connectivity index (χ2n) is 9.94. The highest BCUT2D eigenvalue weighted by molar-refractivity contribution is 5.92. The average Bonchev–Trinajstić information content (AvgIpc) is 2.63. The largest absolute Gasteiger partial charge is 0.444 e. The Morgan fingerprint density at radius 1 is 1.09 bits per heavy atom. The number of hydrogen-bond acceptors (Lipinski definition) is 5.